The molecule has 2 aromatic rings. The van der Waals surface area contributed by atoms with E-state index < -0.39 is 0 Å². The SMILES string of the molecule is O=C(c1ccnnc1)N1CCc2ncnc(C3CC3)c2CC1. The van der Waals surface area contributed by atoms with Crippen molar-refractivity contribution in [3.05, 3.63) is 47.3 Å². The van der Waals surface area contributed by atoms with Gasteiger partial charge in [-0.2, -0.15) is 10.2 Å². The molecule has 1 aliphatic carbocycles. The second-order valence-electron chi connectivity index (χ2n) is 5.88. The van der Waals surface area contributed by atoms with E-state index >= 15 is 0 Å². The third-order valence-electron chi connectivity index (χ3n) is 4.40. The summed E-state index contributed by atoms with van der Waals surface area (Å²) in [4.78, 5) is 23.4. The molecule has 0 N–H and O–H groups in total. The summed E-state index contributed by atoms with van der Waals surface area (Å²) in [6.45, 7) is 1.40. The molecule has 112 valence electrons. The first-order valence-electron chi connectivity index (χ1n) is 7.71. The van der Waals surface area contributed by atoms with Crippen LogP contribution >= 0.6 is 0 Å². The first-order chi connectivity index (χ1) is 10.8. The molecule has 0 radical (unpaired) electrons. The molecule has 1 aliphatic heterocycles. The van der Waals surface area contributed by atoms with Crippen molar-refractivity contribution in [2.24, 2.45) is 0 Å². The van der Waals surface area contributed by atoms with Gasteiger partial charge in [-0.1, -0.05) is 0 Å². The van der Waals surface area contributed by atoms with Crippen LogP contribution in [0.2, 0.25) is 0 Å². The Labute approximate surface area is 128 Å². The minimum absolute atomic E-state index is 0.0173. The number of hydrogen-bond acceptors (Lipinski definition) is 5. The lowest BCUT2D eigenvalue weighted by molar-refractivity contribution is 0.0762. The van der Waals surface area contributed by atoms with E-state index in [1.165, 1.54) is 30.3 Å². The van der Waals surface area contributed by atoms with Gasteiger partial charge in [-0.25, -0.2) is 9.97 Å². The van der Waals surface area contributed by atoms with Crippen LogP contribution in [0.1, 0.15) is 46.1 Å². The van der Waals surface area contributed by atoms with Gasteiger partial charge in [0, 0.05) is 31.1 Å². The molecule has 6 heteroatoms. The summed E-state index contributed by atoms with van der Waals surface area (Å²) >= 11 is 0. The number of hydrogen-bond donors (Lipinski definition) is 0. The van der Waals surface area contributed by atoms with Gasteiger partial charge in [-0.3, -0.25) is 4.79 Å². The topological polar surface area (TPSA) is 71.9 Å². The van der Waals surface area contributed by atoms with Crippen molar-refractivity contribution in [1.82, 2.24) is 25.1 Å². The molecule has 2 aromatic heterocycles. The number of carbonyl (C=O) groups is 1. The van der Waals surface area contributed by atoms with Gasteiger partial charge in [0.05, 0.1) is 23.7 Å². The molecule has 4 rings (SSSR count). The zero-order chi connectivity index (χ0) is 14.9. The second-order valence-corrected chi connectivity index (χ2v) is 5.88. The lowest BCUT2D eigenvalue weighted by atomic mass is 10.0. The van der Waals surface area contributed by atoms with E-state index in [-0.39, 0.29) is 5.91 Å². The first kappa shape index (κ1) is 13.3. The van der Waals surface area contributed by atoms with E-state index in [1.807, 2.05) is 4.90 Å². The van der Waals surface area contributed by atoms with Crippen LogP contribution in [0, 0.1) is 0 Å². The van der Waals surface area contributed by atoms with E-state index in [4.69, 9.17) is 0 Å². The molecule has 6 nitrogen and oxygen atoms in total. The van der Waals surface area contributed by atoms with Crippen LogP contribution in [0.15, 0.2) is 24.8 Å². The minimum Gasteiger partial charge on any atom is -0.338 e. The standard InChI is InChI=1S/C16H17N5O/c22-16(12-3-6-19-20-9-12)21-7-4-13-14(5-8-21)17-10-18-15(13)11-1-2-11/h3,6,9-11H,1-2,4-5,7-8H2. The van der Waals surface area contributed by atoms with Gasteiger partial charge in [0.25, 0.3) is 5.91 Å². The van der Waals surface area contributed by atoms with E-state index in [0.29, 0.717) is 24.6 Å². The molecule has 0 bridgehead atoms. The molecular weight excluding hydrogens is 278 g/mol. The summed E-state index contributed by atoms with van der Waals surface area (Å²) in [6, 6.07) is 1.71. The highest BCUT2D eigenvalue weighted by atomic mass is 16.2. The van der Waals surface area contributed by atoms with E-state index in [9.17, 15) is 4.79 Å². The molecule has 0 spiro atoms. The third kappa shape index (κ3) is 2.45. The van der Waals surface area contributed by atoms with E-state index in [1.54, 1.807) is 18.6 Å². The molecular formula is C16H17N5O. The fraction of sp³-hybridized carbons (Fsp3) is 0.438. The Kier molecular flexibility index (Phi) is 3.29. The van der Waals surface area contributed by atoms with E-state index in [0.717, 1.165) is 18.5 Å². The highest BCUT2D eigenvalue weighted by Gasteiger charge is 2.30. The van der Waals surface area contributed by atoms with Gasteiger partial charge in [-0.15, -0.1) is 0 Å². The summed E-state index contributed by atoms with van der Waals surface area (Å²) in [5, 5.41) is 7.51. The van der Waals surface area contributed by atoms with Crippen molar-refractivity contribution in [2.45, 2.75) is 31.6 Å². The van der Waals surface area contributed by atoms with Crippen molar-refractivity contribution in [3.8, 4) is 0 Å². The predicted molar refractivity (Wildman–Crippen MR) is 79.4 cm³/mol. The van der Waals surface area contributed by atoms with Gasteiger partial charge in [0.15, 0.2) is 0 Å². The number of nitrogens with zero attached hydrogens (tertiary/aromatic N) is 5. The molecule has 1 saturated carbocycles. The Morgan fingerprint density at radius 2 is 2.00 bits per heavy atom. The molecule has 1 amide bonds. The van der Waals surface area contributed by atoms with Crippen molar-refractivity contribution in [3.63, 3.8) is 0 Å². The summed E-state index contributed by atoms with van der Waals surface area (Å²) in [5.41, 5.74) is 4.19. The van der Waals surface area contributed by atoms with Crippen LogP contribution in [0.3, 0.4) is 0 Å². The van der Waals surface area contributed by atoms with Gasteiger partial charge >= 0.3 is 0 Å². The fourth-order valence-corrected chi connectivity index (χ4v) is 3.06. The molecule has 2 aliphatic rings. The lowest BCUT2D eigenvalue weighted by Gasteiger charge is -2.19. The van der Waals surface area contributed by atoms with Gasteiger partial charge in [-0.05, 0) is 30.9 Å². The molecule has 0 aromatic carbocycles. The second kappa shape index (κ2) is 5.44. The normalized spacial score (nSPS) is 17.7. The zero-order valence-electron chi connectivity index (χ0n) is 12.3. The van der Waals surface area contributed by atoms with Crippen LogP contribution in [0.5, 0.6) is 0 Å². The number of aromatic nitrogens is 4. The maximum absolute atomic E-state index is 12.6. The molecule has 3 heterocycles. The van der Waals surface area contributed by atoms with Crippen molar-refractivity contribution in [2.75, 3.05) is 13.1 Å². The van der Waals surface area contributed by atoms with Crippen molar-refractivity contribution < 1.29 is 4.79 Å². The minimum atomic E-state index is 0.0173. The van der Waals surface area contributed by atoms with Crippen LogP contribution in [0.4, 0.5) is 0 Å². The van der Waals surface area contributed by atoms with Gasteiger partial charge in [0.2, 0.25) is 0 Å². The summed E-state index contributed by atoms with van der Waals surface area (Å²) in [5.74, 6) is 0.632. The Morgan fingerprint density at radius 1 is 1.14 bits per heavy atom. The fourth-order valence-electron chi connectivity index (χ4n) is 3.06. The highest BCUT2D eigenvalue weighted by Crippen LogP contribution is 2.41. The monoisotopic (exact) mass is 295 g/mol. The van der Waals surface area contributed by atoms with E-state index in [2.05, 4.69) is 20.2 Å². The summed E-state index contributed by atoms with van der Waals surface area (Å²) in [6.07, 6.45) is 8.85. The Hall–Kier alpha value is -2.37. The van der Waals surface area contributed by atoms with Crippen LogP contribution < -0.4 is 0 Å². The molecule has 0 saturated heterocycles. The summed E-state index contributed by atoms with van der Waals surface area (Å²) in [7, 11) is 0. The van der Waals surface area contributed by atoms with Crippen molar-refractivity contribution >= 4 is 5.91 Å². The van der Waals surface area contributed by atoms with Crippen molar-refractivity contribution in [1.29, 1.82) is 0 Å². The largest absolute Gasteiger partial charge is 0.338 e. The molecule has 0 unspecified atom stereocenters. The Balaban J connectivity index is 1.56. The highest BCUT2D eigenvalue weighted by molar-refractivity contribution is 5.93. The Morgan fingerprint density at radius 3 is 2.77 bits per heavy atom. The number of rotatable bonds is 2. The van der Waals surface area contributed by atoms with Gasteiger partial charge < -0.3 is 4.90 Å². The maximum atomic E-state index is 12.6. The smallest absolute Gasteiger partial charge is 0.255 e. The molecule has 1 fully saturated rings. The zero-order valence-corrected chi connectivity index (χ0v) is 12.3. The number of carbonyl (C=O) groups excluding carboxylic acids is 1. The summed E-state index contributed by atoms with van der Waals surface area (Å²) < 4.78 is 0. The number of fused-ring (bicyclic) bond motifs is 1. The average Bonchev–Trinajstić information content (AvgIpc) is 3.41. The molecule has 0 atom stereocenters. The lowest BCUT2D eigenvalue weighted by Crippen LogP contribution is -2.33. The van der Waals surface area contributed by atoms with Crippen LogP contribution in [-0.2, 0) is 12.8 Å². The number of amides is 1. The van der Waals surface area contributed by atoms with Gasteiger partial charge in [0.1, 0.15) is 6.33 Å². The predicted octanol–water partition coefficient (Wildman–Crippen LogP) is 1.39. The average molecular weight is 295 g/mol. The third-order valence-corrected chi connectivity index (χ3v) is 4.40. The quantitative estimate of drug-likeness (QED) is 0.837. The van der Waals surface area contributed by atoms with Crippen LogP contribution in [0.25, 0.3) is 0 Å². The maximum Gasteiger partial charge on any atom is 0.255 e. The Bertz CT molecular complexity index is 699. The first-order valence-corrected chi connectivity index (χ1v) is 7.71. The molecule has 22 heavy (non-hydrogen) atoms. The van der Waals surface area contributed by atoms with Crippen LogP contribution in [-0.4, -0.2) is 44.1 Å².